The molecule has 0 radical (unpaired) electrons. The van der Waals surface area contributed by atoms with Crippen molar-refractivity contribution in [2.24, 2.45) is 0 Å². The molecule has 1 unspecified atom stereocenters. The molecule has 6 aromatic carbocycles. The summed E-state index contributed by atoms with van der Waals surface area (Å²) in [6.45, 7) is 11.4. The molecule has 1 atom stereocenters. The lowest BCUT2D eigenvalue weighted by atomic mass is 9.73. The lowest BCUT2D eigenvalue weighted by Crippen LogP contribution is -2.24. The Morgan fingerprint density at radius 2 is 1.10 bits per heavy atom. The first kappa shape index (κ1) is 47.2. The molecule has 68 heavy (non-hydrogen) atoms. The number of nitrogens with zero attached hydrogens (tertiary/aromatic N) is 4. The minimum absolute atomic E-state index is 0.0357. The molecule has 0 fully saturated rings. The SMILES string of the molecule is CCCCCCCC(C)(C)c1ccn(-c2ccc(Oc3ccc(-n4cc(-c5ccccc5)c(-c5cc(C#Cc6ccccc6)cc(C(C#Cc6ccccc6)(CC)CCCC)c5)n4)cc3)cc2)n1. The zero-order valence-corrected chi connectivity index (χ0v) is 40.5. The smallest absolute Gasteiger partial charge is 0.127 e. The third-order valence-corrected chi connectivity index (χ3v) is 13.1. The van der Waals surface area contributed by atoms with Gasteiger partial charge in [-0.2, -0.15) is 10.2 Å². The van der Waals surface area contributed by atoms with Crippen molar-refractivity contribution < 1.29 is 4.74 Å². The van der Waals surface area contributed by atoms with Crippen LogP contribution in [0.15, 0.2) is 176 Å². The topological polar surface area (TPSA) is 44.9 Å². The van der Waals surface area contributed by atoms with E-state index in [1.165, 1.54) is 32.1 Å². The molecule has 0 N–H and O–H groups in total. The van der Waals surface area contributed by atoms with E-state index in [0.717, 1.165) is 105 Å². The fourth-order valence-corrected chi connectivity index (χ4v) is 8.86. The number of aromatic nitrogens is 4. The molecular formula is C63H64N4O. The Morgan fingerprint density at radius 3 is 1.74 bits per heavy atom. The van der Waals surface area contributed by atoms with Gasteiger partial charge in [-0.15, -0.1) is 0 Å². The van der Waals surface area contributed by atoms with Crippen LogP contribution in [0.25, 0.3) is 33.8 Å². The minimum atomic E-state index is -0.385. The quantitative estimate of drug-likeness (QED) is 0.0637. The number of rotatable bonds is 18. The van der Waals surface area contributed by atoms with Crippen LogP contribution in [0.3, 0.4) is 0 Å². The highest BCUT2D eigenvalue weighted by atomic mass is 16.5. The van der Waals surface area contributed by atoms with E-state index in [9.17, 15) is 0 Å². The lowest BCUT2D eigenvalue weighted by molar-refractivity contribution is 0.430. The summed E-state index contributed by atoms with van der Waals surface area (Å²) < 4.78 is 10.3. The largest absolute Gasteiger partial charge is 0.457 e. The number of hydrogen-bond acceptors (Lipinski definition) is 3. The van der Waals surface area contributed by atoms with Crippen LogP contribution in [0, 0.1) is 23.7 Å². The summed E-state index contributed by atoms with van der Waals surface area (Å²) in [5.41, 5.74) is 10.8. The first-order valence-corrected chi connectivity index (χ1v) is 24.7. The van der Waals surface area contributed by atoms with Crippen molar-refractivity contribution in [2.45, 2.75) is 110 Å². The maximum atomic E-state index is 6.38. The molecule has 342 valence electrons. The van der Waals surface area contributed by atoms with Gasteiger partial charge in [-0.05, 0) is 127 Å². The first-order valence-electron chi connectivity index (χ1n) is 24.7. The molecule has 0 aliphatic carbocycles. The Morgan fingerprint density at radius 1 is 0.515 bits per heavy atom. The molecule has 0 aliphatic heterocycles. The van der Waals surface area contributed by atoms with Crippen LogP contribution in [-0.4, -0.2) is 19.6 Å². The van der Waals surface area contributed by atoms with Crippen molar-refractivity contribution in [1.82, 2.24) is 19.6 Å². The van der Waals surface area contributed by atoms with Gasteiger partial charge in [-0.3, -0.25) is 0 Å². The van der Waals surface area contributed by atoms with Crippen LogP contribution in [0.1, 0.15) is 127 Å². The van der Waals surface area contributed by atoms with E-state index >= 15 is 0 Å². The van der Waals surface area contributed by atoms with E-state index in [1.807, 2.05) is 57.9 Å². The van der Waals surface area contributed by atoms with Gasteiger partial charge in [0.2, 0.25) is 0 Å². The first-order chi connectivity index (χ1) is 33.3. The summed E-state index contributed by atoms with van der Waals surface area (Å²) in [7, 11) is 0. The van der Waals surface area contributed by atoms with Gasteiger partial charge in [0.1, 0.15) is 17.2 Å². The Labute approximate surface area is 405 Å². The van der Waals surface area contributed by atoms with Gasteiger partial charge in [0, 0.05) is 45.6 Å². The van der Waals surface area contributed by atoms with Crippen molar-refractivity contribution in [1.29, 1.82) is 0 Å². The van der Waals surface area contributed by atoms with Gasteiger partial charge in [-0.1, -0.05) is 170 Å². The van der Waals surface area contributed by atoms with Crippen LogP contribution in [0.5, 0.6) is 11.5 Å². The number of ether oxygens (including phenoxy) is 1. The third kappa shape index (κ3) is 11.8. The monoisotopic (exact) mass is 893 g/mol. The average molecular weight is 893 g/mol. The van der Waals surface area contributed by atoms with E-state index in [2.05, 4.69) is 186 Å². The Kier molecular flexibility index (Phi) is 15.6. The highest BCUT2D eigenvalue weighted by Crippen LogP contribution is 2.39. The molecule has 0 amide bonds. The molecule has 2 heterocycles. The van der Waals surface area contributed by atoms with E-state index in [1.54, 1.807) is 0 Å². The molecule has 0 saturated carbocycles. The second-order valence-corrected chi connectivity index (χ2v) is 18.6. The van der Waals surface area contributed by atoms with Gasteiger partial charge in [0.15, 0.2) is 0 Å². The van der Waals surface area contributed by atoms with Crippen LogP contribution in [0.2, 0.25) is 0 Å². The molecule has 0 spiro atoms. The van der Waals surface area contributed by atoms with Gasteiger partial charge in [0.05, 0.1) is 22.5 Å². The maximum Gasteiger partial charge on any atom is 0.127 e. The van der Waals surface area contributed by atoms with Gasteiger partial charge >= 0.3 is 0 Å². The van der Waals surface area contributed by atoms with Crippen LogP contribution < -0.4 is 4.74 Å². The Bertz CT molecular complexity index is 2980. The minimum Gasteiger partial charge on any atom is -0.457 e. The Balaban J connectivity index is 1.09. The molecule has 2 aromatic heterocycles. The maximum absolute atomic E-state index is 6.38. The van der Waals surface area contributed by atoms with Crippen LogP contribution in [0.4, 0.5) is 0 Å². The second-order valence-electron chi connectivity index (χ2n) is 18.6. The van der Waals surface area contributed by atoms with Crippen molar-refractivity contribution in [3.8, 4) is 68.9 Å². The van der Waals surface area contributed by atoms with Crippen molar-refractivity contribution in [3.05, 3.63) is 204 Å². The van der Waals surface area contributed by atoms with Crippen LogP contribution in [-0.2, 0) is 10.8 Å². The van der Waals surface area contributed by atoms with Crippen molar-refractivity contribution in [2.75, 3.05) is 0 Å². The normalized spacial score (nSPS) is 12.1. The average Bonchev–Trinajstić information content (AvgIpc) is 4.08. The summed E-state index contributed by atoms with van der Waals surface area (Å²) in [4.78, 5) is 0. The third-order valence-electron chi connectivity index (χ3n) is 13.1. The standard InChI is InChI=1S/C63H64N4O/c1-6-9-11-12-22-41-62(4,5)60-40-44-66(64-60)55-31-35-57(36-32-55)68-58-37-33-56(34-38-58)67-48-59(52-27-20-15-21-28-52)61(65-67)53-45-51(30-29-49-23-16-13-17-24-49)46-54(47-53)63(8-3,42-10-7-2)43-39-50-25-18-14-19-26-50/h13-21,23-28,31-38,40,44-48H,6-12,22,41-42H2,1-5H3. The highest BCUT2D eigenvalue weighted by molar-refractivity contribution is 5.82. The number of benzene rings is 6. The summed E-state index contributed by atoms with van der Waals surface area (Å²) in [6, 6.07) is 56.2. The lowest BCUT2D eigenvalue weighted by Gasteiger charge is -2.29. The van der Waals surface area contributed by atoms with E-state index in [0.29, 0.717) is 0 Å². The summed E-state index contributed by atoms with van der Waals surface area (Å²) >= 11 is 0. The van der Waals surface area contributed by atoms with E-state index in [4.69, 9.17) is 14.9 Å². The molecule has 8 aromatic rings. The molecule has 0 saturated heterocycles. The molecule has 8 rings (SSSR count). The molecule has 5 heteroatoms. The summed E-state index contributed by atoms with van der Waals surface area (Å²) in [6.07, 6.45) is 15.7. The Hall–Kier alpha value is -7.34. The summed E-state index contributed by atoms with van der Waals surface area (Å²) in [5.74, 6) is 15.9. The molecule has 5 nitrogen and oxygen atoms in total. The van der Waals surface area contributed by atoms with Crippen molar-refractivity contribution in [3.63, 3.8) is 0 Å². The van der Waals surface area contributed by atoms with E-state index < -0.39 is 0 Å². The van der Waals surface area contributed by atoms with Gasteiger partial charge in [-0.25, -0.2) is 9.36 Å². The predicted octanol–water partition coefficient (Wildman–Crippen LogP) is 16.1. The highest BCUT2D eigenvalue weighted by Gasteiger charge is 2.30. The molecule has 0 aliphatic rings. The second kappa shape index (κ2) is 22.4. The van der Waals surface area contributed by atoms with Crippen LogP contribution >= 0.6 is 0 Å². The number of hydrogen-bond donors (Lipinski definition) is 0. The fraction of sp³-hybridized carbons (Fsp3) is 0.270. The molecule has 0 bridgehead atoms. The predicted molar refractivity (Wildman–Crippen MR) is 282 cm³/mol. The summed E-state index contributed by atoms with van der Waals surface area (Å²) in [5, 5.41) is 10.4. The van der Waals surface area contributed by atoms with E-state index in [-0.39, 0.29) is 10.8 Å². The van der Waals surface area contributed by atoms with Gasteiger partial charge in [0.25, 0.3) is 0 Å². The van der Waals surface area contributed by atoms with Crippen molar-refractivity contribution >= 4 is 0 Å². The fourth-order valence-electron chi connectivity index (χ4n) is 8.86. The molecular weight excluding hydrogens is 829 g/mol. The zero-order valence-electron chi connectivity index (χ0n) is 40.5. The number of unbranched alkanes of at least 4 members (excludes halogenated alkanes) is 5. The van der Waals surface area contributed by atoms with Gasteiger partial charge < -0.3 is 4.74 Å². The zero-order chi connectivity index (χ0) is 47.2.